The summed E-state index contributed by atoms with van der Waals surface area (Å²) in [7, 11) is 0. The summed E-state index contributed by atoms with van der Waals surface area (Å²) in [4.78, 5) is 14.5. The summed E-state index contributed by atoms with van der Waals surface area (Å²) in [6.45, 7) is 18.5. The molecule has 28 heavy (non-hydrogen) atoms. The summed E-state index contributed by atoms with van der Waals surface area (Å²) in [5.41, 5.74) is 1.17. The third-order valence-corrected chi connectivity index (χ3v) is 5.84. The number of rotatable bonds is 10. The van der Waals surface area contributed by atoms with Crippen molar-refractivity contribution in [3.8, 4) is 0 Å². The summed E-state index contributed by atoms with van der Waals surface area (Å²) >= 11 is 1.70. The van der Waals surface area contributed by atoms with E-state index in [4.69, 9.17) is 0 Å². The Hall–Kier alpha value is -0.450. The van der Waals surface area contributed by atoms with Crippen molar-refractivity contribution in [3.05, 3.63) is 16.1 Å². The number of unbranched alkanes of at least 4 members (excludes halogenated alkanes) is 1. The Labute approximate surface area is 192 Å². The van der Waals surface area contributed by atoms with Crippen LogP contribution in [0.25, 0.3) is 0 Å². The molecule has 0 atom stereocenters. The Morgan fingerprint density at radius 2 is 1.86 bits per heavy atom. The van der Waals surface area contributed by atoms with Crippen molar-refractivity contribution in [3.63, 3.8) is 0 Å². The van der Waals surface area contributed by atoms with E-state index in [-0.39, 0.29) is 24.0 Å². The Morgan fingerprint density at radius 1 is 1.14 bits per heavy atom. The molecule has 1 saturated heterocycles. The van der Waals surface area contributed by atoms with Crippen LogP contribution < -0.4 is 10.6 Å². The Morgan fingerprint density at radius 3 is 2.46 bits per heavy atom. The van der Waals surface area contributed by atoms with Gasteiger partial charge in [0.15, 0.2) is 5.96 Å². The molecule has 1 aliphatic heterocycles. The molecule has 0 spiro atoms. The first-order chi connectivity index (χ1) is 13.1. The quantitative estimate of drug-likeness (QED) is 0.214. The van der Waals surface area contributed by atoms with Gasteiger partial charge in [0, 0.05) is 44.6 Å². The lowest BCUT2D eigenvalue weighted by molar-refractivity contribution is 0.136. The minimum Gasteiger partial charge on any atom is -0.357 e. The van der Waals surface area contributed by atoms with Crippen molar-refractivity contribution in [2.75, 3.05) is 52.4 Å². The summed E-state index contributed by atoms with van der Waals surface area (Å²) in [5, 5.41) is 10.0. The van der Waals surface area contributed by atoms with E-state index in [9.17, 15) is 0 Å². The lowest BCUT2D eigenvalue weighted by Gasteiger charge is -2.34. The first kappa shape index (κ1) is 25.6. The highest BCUT2D eigenvalue weighted by Crippen LogP contribution is 2.18. The monoisotopic (exact) mass is 522 g/mol. The predicted molar refractivity (Wildman–Crippen MR) is 132 cm³/mol. The van der Waals surface area contributed by atoms with Gasteiger partial charge in [-0.3, -0.25) is 0 Å². The van der Waals surface area contributed by atoms with Crippen LogP contribution in [-0.4, -0.2) is 73.1 Å². The lowest BCUT2D eigenvalue weighted by Crippen LogP contribution is -2.46. The molecule has 0 aromatic carbocycles. The first-order valence-electron chi connectivity index (χ1n) is 10.5. The van der Waals surface area contributed by atoms with Crippen LogP contribution in [0.3, 0.4) is 0 Å². The molecule has 2 N–H and O–H groups in total. The number of aliphatic imine (C=N–C) groups is 1. The molecule has 0 unspecified atom stereocenters. The standard InChI is InChI=1S/C20H38N6S.HI/c1-5-21-20(23-15-19-24-18(16-27-19)17(3)4)22-9-7-8-10-26-13-11-25(6-2)12-14-26;/h16-17H,5-15H2,1-4H3,(H2,21,22,23);1H. The number of nitrogens with zero attached hydrogens (tertiary/aromatic N) is 4. The molecule has 0 aliphatic carbocycles. The average molecular weight is 523 g/mol. The molecule has 1 aromatic rings. The normalized spacial score (nSPS) is 16.2. The second-order valence-corrected chi connectivity index (χ2v) is 8.37. The fourth-order valence-electron chi connectivity index (χ4n) is 3.15. The predicted octanol–water partition coefficient (Wildman–Crippen LogP) is 3.36. The number of aromatic nitrogens is 1. The van der Waals surface area contributed by atoms with Crippen LogP contribution in [-0.2, 0) is 6.54 Å². The van der Waals surface area contributed by atoms with Crippen molar-refractivity contribution in [2.45, 2.75) is 53.0 Å². The van der Waals surface area contributed by atoms with Gasteiger partial charge in [0.05, 0.1) is 12.2 Å². The van der Waals surface area contributed by atoms with Gasteiger partial charge in [0.2, 0.25) is 0 Å². The van der Waals surface area contributed by atoms with Gasteiger partial charge in [-0.25, -0.2) is 9.98 Å². The van der Waals surface area contributed by atoms with E-state index in [2.05, 4.69) is 63.5 Å². The highest BCUT2D eigenvalue weighted by Gasteiger charge is 2.14. The van der Waals surface area contributed by atoms with E-state index >= 15 is 0 Å². The van der Waals surface area contributed by atoms with Crippen LogP contribution in [0, 0.1) is 0 Å². The highest BCUT2D eigenvalue weighted by atomic mass is 127. The number of thiazole rings is 1. The molecule has 6 nitrogen and oxygen atoms in total. The van der Waals surface area contributed by atoms with E-state index in [1.54, 1.807) is 11.3 Å². The Kier molecular flexibility index (Phi) is 13.3. The maximum atomic E-state index is 4.69. The largest absolute Gasteiger partial charge is 0.357 e. The van der Waals surface area contributed by atoms with E-state index in [1.807, 2.05) is 0 Å². The zero-order valence-electron chi connectivity index (χ0n) is 18.0. The Bertz CT molecular complexity index is 555. The van der Waals surface area contributed by atoms with Crippen molar-refractivity contribution in [1.82, 2.24) is 25.4 Å². The van der Waals surface area contributed by atoms with Gasteiger partial charge in [0.25, 0.3) is 0 Å². The van der Waals surface area contributed by atoms with Crippen LogP contribution in [0.2, 0.25) is 0 Å². The third-order valence-electron chi connectivity index (χ3n) is 4.98. The van der Waals surface area contributed by atoms with Crippen LogP contribution >= 0.6 is 35.3 Å². The van der Waals surface area contributed by atoms with Gasteiger partial charge in [-0.2, -0.15) is 0 Å². The lowest BCUT2D eigenvalue weighted by atomic mass is 10.2. The maximum absolute atomic E-state index is 4.69. The van der Waals surface area contributed by atoms with Gasteiger partial charge in [0.1, 0.15) is 5.01 Å². The van der Waals surface area contributed by atoms with Crippen molar-refractivity contribution in [2.24, 2.45) is 4.99 Å². The maximum Gasteiger partial charge on any atom is 0.191 e. The molecule has 0 saturated carbocycles. The zero-order valence-corrected chi connectivity index (χ0v) is 21.2. The molecule has 1 aliphatic rings. The molecule has 1 aromatic heterocycles. The molecule has 0 bridgehead atoms. The van der Waals surface area contributed by atoms with Gasteiger partial charge in [-0.15, -0.1) is 35.3 Å². The number of guanidine groups is 1. The molecular weight excluding hydrogens is 483 g/mol. The number of piperazine rings is 1. The molecule has 0 radical (unpaired) electrons. The fourth-order valence-corrected chi connectivity index (χ4v) is 4.03. The Balaban J connectivity index is 0.00000392. The summed E-state index contributed by atoms with van der Waals surface area (Å²) < 4.78 is 0. The molecule has 162 valence electrons. The number of hydrogen-bond acceptors (Lipinski definition) is 5. The summed E-state index contributed by atoms with van der Waals surface area (Å²) in [6.07, 6.45) is 2.41. The molecule has 2 heterocycles. The number of nitrogens with one attached hydrogen (secondary N) is 2. The van der Waals surface area contributed by atoms with Crippen LogP contribution in [0.15, 0.2) is 10.4 Å². The highest BCUT2D eigenvalue weighted by molar-refractivity contribution is 14.0. The second-order valence-electron chi connectivity index (χ2n) is 7.43. The molecule has 2 rings (SSSR count). The van der Waals surface area contributed by atoms with Crippen molar-refractivity contribution < 1.29 is 0 Å². The summed E-state index contributed by atoms with van der Waals surface area (Å²) in [6, 6.07) is 0. The molecule has 8 heteroatoms. The topological polar surface area (TPSA) is 55.8 Å². The van der Waals surface area contributed by atoms with E-state index < -0.39 is 0 Å². The number of hydrogen-bond donors (Lipinski definition) is 2. The molecule has 0 amide bonds. The SMILES string of the molecule is CCNC(=NCc1nc(C(C)C)cs1)NCCCCN1CCN(CC)CC1.I. The van der Waals surface area contributed by atoms with E-state index in [0.717, 1.165) is 24.1 Å². The van der Waals surface area contributed by atoms with Gasteiger partial charge in [-0.05, 0) is 38.8 Å². The van der Waals surface area contributed by atoms with Crippen molar-refractivity contribution in [1.29, 1.82) is 0 Å². The molecule has 1 fully saturated rings. The van der Waals surface area contributed by atoms with Gasteiger partial charge >= 0.3 is 0 Å². The van der Waals surface area contributed by atoms with E-state index in [0.29, 0.717) is 12.5 Å². The van der Waals surface area contributed by atoms with Gasteiger partial charge in [-0.1, -0.05) is 20.8 Å². The number of likely N-dealkylation sites (N-methyl/N-ethyl adjacent to an activating group) is 1. The average Bonchev–Trinajstić information content (AvgIpc) is 3.15. The minimum absolute atomic E-state index is 0. The smallest absolute Gasteiger partial charge is 0.191 e. The first-order valence-corrected chi connectivity index (χ1v) is 11.4. The van der Waals surface area contributed by atoms with Gasteiger partial charge < -0.3 is 20.4 Å². The zero-order chi connectivity index (χ0) is 19.5. The summed E-state index contributed by atoms with van der Waals surface area (Å²) in [5.74, 6) is 1.38. The fraction of sp³-hybridized carbons (Fsp3) is 0.800. The van der Waals surface area contributed by atoms with Crippen LogP contribution in [0.4, 0.5) is 0 Å². The van der Waals surface area contributed by atoms with E-state index in [1.165, 1.54) is 57.8 Å². The van der Waals surface area contributed by atoms with Crippen molar-refractivity contribution >= 4 is 41.3 Å². The number of halogens is 1. The minimum atomic E-state index is 0. The third kappa shape index (κ3) is 9.37. The molecular formula is C20H39IN6S. The van der Waals surface area contributed by atoms with Crippen LogP contribution in [0.5, 0.6) is 0 Å². The van der Waals surface area contributed by atoms with Crippen LogP contribution in [0.1, 0.15) is 57.2 Å². The second kappa shape index (κ2) is 14.5.